The summed E-state index contributed by atoms with van der Waals surface area (Å²) in [5, 5.41) is 4.15. The van der Waals surface area contributed by atoms with Crippen molar-refractivity contribution in [1.82, 2.24) is 14.8 Å². The zero-order valence-corrected chi connectivity index (χ0v) is 11.4. The Balaban J connectivity index is 2.02. The highest BCUT2D eigenvalue weighted by atomic mass is 19.1. The van der Waals surface area contributed by atoms with Gasteiger partial charge in [0.05, 0.1) is 0 Å². The van der Waals surface area contributed by atoms with Crippen molar-refractivity contribution in [3.05, 3.63) is 41.7 Å². The Bertz CT molecular complexity index is 551. The highest BCUT2D eigenvalue weighted by Gasteiger charge is 2.07. The maximum atomic E-state index is 13.4. The van der Waals surface area contributed by atoms with E-state index in [4.69, 9.17) is 4.74 Å². The summed E-state index contributed by atoms with van der Waals surface area (Å²) >= 11 is 0. The molecule has 0 amide bonds. The molecule has 0 bridgehead atoms. The maximum Gasteiger partial charge on any atom is 0.164 e. The van der Waals surface area contributed by atoms with Crippen molar-refractivity contribution < 1.29 is 9.13 Å². The van der Waals surface area contributed by atoms with Crippen molar-refractivity contribution in [2.24, 2.45) is 5.92 Å². The average Bonchev–Trinajstić information content (AvgIpc) is 2.77. The molecule has 1 aromatic carbocycles. The molecule has 1 aromatic heterocycles. The number of rotatable bonds is 5. The van der Waals surface area contributed by atoms with Crippen LogP contribution < -0.4 is 4.74 Å². The van der Waals surface area contributed by atoms with Gasteiger partial charge in [0.1, 0.15) is 24.5 Å². The SMILES string of the molecule is Cc1ccc(OCc2ncnn2CC(C)C)cc1F. The summed E-state index contributed by atoms with van der Waals surface area (Å²) in [4.78, 5) is 4.16. The Morgan fingerprint density at radius 1 is 1.37 bits per heavy atom. The van der Waals surface area contributed by atoms with Gasteiger partial charge in [-0.2, -0.15) is 5.10 Å². The predicted molar refractivity (Wildman–Crippen MR) is 70.3 cm³/mol. The van der Waals surface area contributed by atoms with E-state index in [0.717, 1.165) is 12.4 Å². The number of halogens is 1. The van der Waals surface area contributed by atoms with Gasteiger partial charge in [0.2, 0.25) is 0 Å². The zero-order chi connectivity index (χ0) is 13.8. The highest BCUT2D eigenvalue weighted by molar-refractivity contribution is 5.28. The third-order valence-electron chi connectivity index (χ3n) is 2.75. The zero-order valence-electron chi connectivity index (χ0n) is 11.4. The largest absolute Gasteiger partial charge is 0.486 e. The van der Waals surface area contributed by atoms with Crippen LogP contribution in [0, 0.1) is 18.7 Å². The quantitative estimate of drug-likeness (QED) is 0.832. The van der Waals surface area contributed by atoms with Gasteiger partial charge >= 0.3 is 0 Å². The molecule has 19 heavy (non-hydrogen) atoms. The molecule has 0 spiro atoms. The molecule has 0 radical (unpaired) electrons. The summed E-state index contributed by atoms with van der Waals surface area (Å²) < 4.78 is 20.7. The molecule has 0 aliphatic rings. The van der Waals surface area contributed by atoms with E-state index in [-0.39, 0.29) is 12.4 Å². The van der Waals surface area contributed by atoms with E-state index in [0.29, 0.717) is 17.2 Å². The van der Waals surface area contributed by atoms with Crippen LogP contribution in [-0.2, 0) is 13.2 Å². The number of nitrogens with zero attached hydrogens (tertiary/aromatic N) is 3. The molecule has 4 nitrogen and oxygen atoms in total. The summed E-state index contributed by atoms with van der Waals surface area (Å²) in [5.41, 5.74) is 0.607. The number of benzene rings is 1. The lowest BCUT2D eigenvalue weighted by Gasteiger charge is -2.10. The third kappa shape index (κ3) is 3.53. The van der Waals surface area contributed by atoms with Gasteiger partial charge in [0.25, 0.3) is 0 Å². The minimum absolute atomic E-state index is 0.263. The average molecular weight is 263 g/mol. The van der Waals surface area contributed by atoms with Gasteiger partial charge in [-0.25, -0.2) is 14.1 Å². The standard InChI is InChI=1S/C14H18FN3O/c1-10(2)7-18-14(16-9-17-18)8-19-12-5-4-11(3)13(15)6-12/h4-6,9-10H,7-8H2,1-3H3. The van der Waals surface area contributed by atoms with Gasteiger partial charge < -0.3 is 4.74 Å². The van der Waals surface area contributed by atoms with E-state index >= 15 is 0 Å². The fourth-order valence-corrected chi connectivity index (χ4v) is 1.71. The second kappa shape index (κ2) is 5.82. The van der Waals surface area contributed by atoms with E-state index in [9.17, 15) is 4.39 Å². The first-order valence-electron chi connectivity index (χ1n) is 6.32. The maximum absolute atomic E-state index is 13.4. The molecule has 0 unspecified atom stereocenters. The molecule has 2 aromatic rings. The molecule has 0 fully saturated rings. The minimum atomic E-state index is -0.263. The molecule has 0 aliphatic heterocycles. The number of ether oxygens (including phenoxy) is 1. The molecular weight excluding hydrogens is 245 g/mol. The molecule has 0 aliphatic carbocycles. The van der Waals surface area contributed by atoms with Crippen molar-refractivity contribution in [1.29, 1.82) is 0 Å². The van der Waals surface area contributed by atoms with Gasteiger partial charge in [-0.05, 0) is 24.5 Å². The second-order valence-corrected chi connectivity index (χ2v) is 4.95. The van der Waals surface area contributed by atoms with E-state index in [1.807, 2.05) is 4.68 Å². The van der Waals surface area contributed by atoms with Gasteiger partial charge in [-0.15, -0.1) is 0 Å². The summed E-state index contributed by atoms with van der Waals surface area (Å²) in [6, 6.07) is 4.84. The normalized spacial score (nSPS) is 11.0. The van der Waals surface area contributed by atoms with Crippen LogP contribution in [0.5, 0.6) is 5.75 Å². The van der Waals surface area contributed by atoms with Crippen molar-refractivity contribution in [3.63, 3.8) is 0 Å². The first-order valence-corrected chi connectivity index (χ1v) is 6.32. The van der Waals surface area contributed by atoms with E-state index < -0.39 is 0 Å². The Morgan fingerprint density at radius 3 is 2.84 bits per heavy atom. The van der Waals surface area contributed by atoms with Gasteiger partial charge in [-0.3, -0.25) is 0 Å². The van der Waals surface area contributed by atoms with E-state index in [2.05, 4.69) is 23.9 Å². The van der Waals surface area contributed by atoms with Crippen LogP contribution in [0.3, 0.4) is 0 Å². The Morgan fingerprint density at radius 2 is 2.16 bits per heavy atom. The Hall–Kier alpha value is -1.91. The van der Waals surface area contributed by atoms with Crippen molar-refractivity contribution in [3.8, 4) is 5.75 Å². The van der Waals surface area contributed by atoms with Crippen molar-refractivity contribution in [2.75, 3.05) is 0 Å². The van der Waals surface area contributed by atoms with Crippen molar-refractivity contribution in [2.45, 2.75) is 33.9 Å². The molecule has 5 heteroatoms. The molecular formula is C14H18FN3O. The van der Waals surface area contributed by atoms with Crippen LogP contribution in [0.15, 0.2) is 24.5 Å². The molecule has 0 saturated heterocycles. The highest BCUT2D eigenvalue weighted by Crippen LogP contribution is 2.17. The lowest BCUT2D eigenvalue weighted by molar-refractivity contribution is 0.281. The molecule has 0 atom stereocenters. The Kier molecular flexibility index (Phi) is 4.14. The van der Waals surface area contributed by atoms with Crippen molar-refractivity contribution >= 4 is 0 Å². The smallest absolute Gasteiger partial charge is 0.164 e. The number of aryl methyl sites for hydroxylation is 1. The monoisotopic (exact) mass is 263 g/mol. The second-order valence-electron chi connectivity index (χ2n) is 4.95. The summed E-state index contributed by atoms with van der Waals surface area (Å²) in [7, 11) is 0. The summed E-state index contributed by atoms with van der Waals surface area (Å²) in [6.07, 6.45) is 1.51. The predicted octanol–water partition coefficient (Wildman–Crippen LogP) is 2.96. The first kappa shape index (κ1) is 13.5. The van der Waals surface area contributed by atoms with Gasteiger partial charge in [-0.1, -0.05) is 19.9 Å². The first-order chi connectivity index (χ1) is 9.06. The van der Waals surface area contributed by atoms with Gasteiger partial charge in [0, 0.05) is 12.6 Å². The van der Waals surface area contributed by atoms with E-state index in [1.165, 1.54) is 12.4 Å². The molecule has 0 N–H and O–H groups in total. The molecule has 0 saturated carbocycles. The fourth-order valence-electron chi connectivity index (χ4n) is 1.71. The number of aromatic nitrogens is 3. The van der Waals surface area contributed by atoms with Crippen LogP contribution in [0.25, 0.3) is 0 Å². The van der Waals surface area contributed by atoms with Crippen LogP contribution in [0.4, 0.5) is 4.39 Å². The Labute approximate surface area is 112 Å². The molecule has 102 valence electrons. The fraction of sp³-hybridized carbons (Fsp3) is 0.429. The third-order valence-corrected chi connectivity index (χ3v) is 2.75. The molecule has 1 heterocycles. The number of hydrogen-bond donors (Lipinski definition) is 0. The van der Waals surface area contributed by atoms with E-state index in [1.54, 1.807) is 19.1 Å². The minimum Gasteiger partial charge on any atom is -0.486 e. The topological polar surface area (TPSA) is 39.9 Å². The summed E-state index contributed by atoms with van der Waals surface area (Å²) in [5.74, 6) is 1.47. The lowest BCUT2D eigenvalue weighted by atomic mass is 10.2. The number of hydrogen-bond acceptors (Lipinski definition) is 3. The lowest BCUT2D eigenvalue weighted by Crippen LogP contribution is -2.12. The molecule has 2 rings (SSSR count). The van der Waals surface area contributed by atoms with Crippen LogP contribution >= 0.6 is 0 Å². The summed E-state index contributed by atoms with van der Waals surface area (Å²) in [6.45, 7) is 7.03. The van der Waals surface area contributed by atoms with Crippen LogP contribution in [0.1, 0.15) is 25.2 Å². The van der Waals surface area contributed by atoms with Crippen LogP contribution in [0.2, 0.25) is 0 Å². The van der Waals surface area contributed by atoms with Gasteiger partial charge in [0.15, 0.2) is 5.82 Å². The van der Waals surface area contributed by atoms with Crippen LogP contribution in [-0.4, -0.2) is 14.8 Å².